The van der Waals surface area contributed by atoms with Crippen LogP contribution in [0.15, 0.2) is 18.2 Å². The van der Waals surface area contributed by atoms with E-state index in [1.165, 1.54) is 95.6 Å². The summed E-state index contributed by atoms with van der Waals surface area (Å²) in [6.07, 6.45) is 17.4. The topological polar surface area (TPSA) is 42.2 Å². The molecule has 0 N–H and O–H groups in total. The maximum absolute atomic E-state index is 13.9. The Morgan fingerprint density at radius 3 is 2.16 bits per heavy atom. The van der Waals surface area contributed by atoms with Gasteiger partial charge in [0.25, 0.3) is 0 Å². The Morgan fingerprint density at radius 1 is 0.903 bits per heavy atom. The van der Waals surface area contributed by atoms with Crippen LogP contribution in [-0.4, -0.2) is 13.2 Å². The Morgan fingerprint density at radius 2 is 1.55 bits per heavy atom. The first kappa shape index (κ1) is 24.2. The SMILES string of the molecule is CCCCCCCCCC[C@H]1CC[C@H]([C@H]2CO[C@H](c3ccc(C#N)c(F)c3)OC2)CC1. The highest BCUT2D eigenvalue weighted by atomic mass is 19.1. The molecule has 1 saturated carbocycles. The van der Waals surface area contributed by atoms with E-state index < -0.39 is 12.1 Å². The minimum Gasteiger partial charge on any atom is -0.348 e. The summed E-state index contributed by atoms with van der Waals surface area (Å²) in [4.78, 5) is 0. The standard InChI is InChI=1S/C27H40FNO2/c1-2-3-4-5-6-7-8-9-10-21-11-13-22(14-12-21)25-19-30-27(31-20-25)23-15-16-24(18-29)26(28)17-23/h15-17,21-22,25,27H,2-14,19-20H2,1H3/t21-,22-,25-,27-. The number of hydrogen-bond acceptors (Lipinski definition) is 3. The maximum Gasteiger partial charge on any atom is 0.183 e. The van der Waals surface area contributed by atoms with Crippen LogP contribution >= 0.6 is 0 Å². The second-order valence-corrected chi connectivity index (χ2v) is 9.65. The summed E-state index contributed by atoms with van der Waals surface area (Å²) in [7, 11) is 0. The fourth-order valence-electron chi connectivity index (χ4n) is 5.27. The van der Waals surface area contributed by atoms with Crippen molar-refractivity contribution in [3.05, 3.63) is 35.1 Å². The lowest BCUT2D eigenvalue weighted by Crippen LogP contribution is -2.34. The van der Waals surface area contributed by atoms with Gasteiger partial charge in [0.2, 0.25) is 0 Å². The molecular weight excluding hydrogens is 389 g/mol. The zero-order valence-electron chi connectivity index (χ0n) is 19.3. The van der Waals surface area contributed by atoms with Gasteiger partial charge in [-0.25, -0.2) is 4.39 Å². The molecule has 4 heteroatoms. The molecule has 172 valence electrons. The highest BCUT2D eigenvalue weighted by Gasteiger charge is 2.32. The van der Waals surface area contributed by atoms with Crippen molar-refractivity contribution in [3.8, 4) is 6.07 Å². The normalized spacial score (nSPS) is 26.5. The van der Waals surface area contributed by atoms with E-state index in [9.17, 15) is 4.39 Å². The number of ether oxygens (including phenoxy) is 2. The minimum absolute atomic E-state index is 0.0566. The molecule has 2 aliphatic rings. The quantitative estimate of drug-likeness (QED) is 0.338. The zero-order chi connectivity index (χ0) is 21.9. The van der Waals surface area contributed by atoms with Crippen LogP contribution in [0.5, 0.6) is 0 Å². The predicted octanol–water partition coefficient (Wildman–Crippen LogP) is 7.70. The van der Waals surface area contributed by atoms with E-state index in [-0.39, 0.29) is 5.56 Å². The fraction of sp³-hybridized carbons (Fsp3) is 0.741. The van der Waals surface area contributed by atoms with E-state index in [0.717, 1.165) is 5.92 Å². The third-order valence-corrected chi connectivity index (χ3v) is 7.33. The van der Waals surface area contributed by atoms with Gasteiger partial charge in [0.05, 0.1) is 18.8 Å². The van der Waals surface area contributed by atoms with Gasteiger partial charge in [-0.05, 0) is 36.8 Å². The van der Waals surface area contributed by atoms with Gasteiger partial charge in [-0.3, -0.25) is 0 Å². The van der Waals surface area contributed by atoms with Crippen LogP contribution in [-0.2, 0) is 9.47 Å². The van der Waals surface area contributed by atoms with E-state index in [1.807, 2.05) is 6.07 Å². The van der Waals surface area contributed by atoms with Gasteiger partial charge in [0, 0.05) is 11.5 Å². The average Bonchev–Trinajstić information content (AvgIpc) is 2.81. The smallest absolute Gasteiger partial charge is 0.183 e. The molecule has 1 aromatic carbocycles. The van der Waals surface area contributed by atoms with E-state index in [2.05, 4.69) is 6.92 Å². The van der Waals surface area contributed by atoms with Crippen LogP contribution in [0.25, 0.3) is 0 Å². The lowest BCUT2D eigenvalue weighted by molar-refractivity contribution is -0.214. The van der Waals surface area contributed by atoms with Gasteiger partial charge in [0.15, 0.2) is 6.29 Å². The summed E-state index contributed by atoms with van der Waals surface area (Å²) in [5.41, 5.74) is 0.713. The first-order valence-corrected chi connectivity index (χ1v) is 12.6. The van der Waals surface area contributed by atoms with Crippen molar-refractivity contribution >= 4 is 0 Å². The molecule has 3 rings (SSSR count). The highest BCUT2D eigenvalue weighted by Crippen LogP contribution is 2.39. The van der Waals surface area contributed by atoms with Crippen molar-refractivity contribution in [2.24, 2.45) is 17.8 Å². The molecule has 0 bridgehead atoms. The summed E-state index contributed by atoms with van der Waals surface area (Å²) in [5.74, 6) is 1.54. The second-order valence-electron chi connectivity index (χ2n) is 9.65. The number of nitrogens with zero attached hydrogens (tertiary/aromatic N) is 1. The molecule has 31 heavy (non-hydrogen) atoms. The summed E-state index contributed by atoms with van der Waals surface area (Å²) in [6, 6.07) is 6.43. The molecule has 0 unspecified atom stereocenters. The molecular formula is C27H40FNO2. The third-order valence-electron chi connectivity index (χ3n) is 7.33. The van der Waals surface area contributed by atoms with Crippen LogP contribution < -0.4 is 0 Å². The monoisotopic (exact) mass is 429 g/mol. The molecule has 0 radical (unpaired) electrons. The van der Waals surface area contributed by atoms with Crippen LogP contribution in [0.3, 0.4) is 0 Å². The molecule has 2 fully saturated rings. The lowest BCUT2D eigenvalue weighted by atomic mass is 9.74. The van der Waals surface area contributed by atoms with Gasteiger partial charge in [-0.1, -0.05) is 83.6 Å². The van der Waals surface area contributed by atoms with Crippen LogP contribution in [0, 0.1) is 34.9 Å². The summed E-state index contributed by atoms with van der Waals surface area (Å²) >= 11 is 0. The maximum atomic E-state index is 13.9. The predicted molar refractivity (Wildman–Crippen MR) is 122 cm³/mol. The lowest BCUT2D eigenvalue weighted by Gasteiger charge is -2.38. The molecule has 1 aromatic rings. The fourth-order valence-corrected chi connectivity index (χ4v) is 5.27. The van der Waals surface area contributed by atoms with E-state index in [0.29, 0.717) is 30.6 Å². The molecule has 1 aliphatic carbocycles. The number of hydrogen-bond donors (Lipinski definition) is 0. The van der Waals surface area contributed by atoms with E-state index >= 15 is 0 Å². The van der Waals surface area contributed by atoms with Gasteiger partial charge in [-0.15, -0.1) is 0 Å². The number of halogens is 1. The van der Waals surface area contributed by atoms with Crippen LogP contribution in [0.1, 0.15) is 108 Å². The summed E-state index contributed by atoms with van der Waals surface area (Å²) in [6.45, 7) is 3.64. The zero-order valence-corrected chi connectivity index (χ0v) is 19.3. The number of benzene rings is 1. The summed E-state index contributed by atoms with van der Waals surface area (Å²) < 4.78 is 25.8. The van der Waals surface area contributed by atoms with E-state index in [1.54, 1.807) is 6.07 Å². The van der Waals surface area contributed by atoms with Crippen molar-refractivity contribution in [1.82, 2.24) is 0 Å². The van der Waals surface area contributed by atoms with Gasteiger partial charge < -0.3 is 9.47 Å². The van der Waals surface area contributed by atoms with Crippen molar-refractivity contribution in [1.29, 1.82) is 5.26 Å². The Kier molecular flexibility index (Phi) is 10.3. The second kappa shape index (κ2) is 13.2. The molecule has 1 aliphatic heterocycles. The first-order valence-electron chi connectivity index (χ1n) is 12.6. The Hall–Kier alpha value is -1.44. The molecule has 1 heterocycles. The largest absolute Gasteiger partial charge is 0.348 e. The number of rotatable bonds is 11. The first-order chi connectivity index (χ1) is 15.2. The van der Waals surface area contributed by atoms with Crippen molar-refractivity contribution in [2.45, 2.75) is 96.7 Å². The van der Waals surface area contributed by atoms with Gasteiger partial charge in [0.1, 0.15) is 11.9 Å². The van der Waals surface area contributed by atoms with Crippen molar-refractivity contribution in [2.75, 3.05) is 13.2 Å². The molecule has 0 atom stereocenters. The third kappa shape index (κ3) is 7.58. The molecule has 1 saturated heterocycles. The molecule has 0 amide bonds. The van der Waals surface area contributed by atoms with Crippen molar-refractivity contribution in [3.63, 3.8) is 0 Å². The average molecular weight is 430 g/mol. The number of nitriles is 1. The Bertz CT molecular complexity index is 685. The molecule has 0 aromatic heterocycles. The molecule has 0 spiro atoms. The minimum atomic E-state index is -0.517. The highest BCUT2D eigenvalue weighted by molar-refractivity contribution is 5.33. The molecule has 3 nitrogen and oxygen atoms in total. The van der Waals surface area contributed by atoms with Gasteiger partial charge in [-0.2, -0.15) is 5.26 Å². The van der Waals surface area contributed by atoms with Crippen LogP contribution in [0.2, 0.25) is 0 Å². The Labute approximate surface area is 188 Å². The van der Waals surface area contributed by atoms with Crippen LogP contribution in [0.4, 0.5) is 4.39 Å². The Balaban J connectivity index is 1.29. The number of unbranched alkanes of at least 4 members (excludes halogenated alkanes) is 7. The van der Waals surface area contributed by atoms with Crippen molar-refractivity contribution < 1.29 is 13.9 Å². The van der Waals surface area contributed by atoms with E-state index in [4.69, 9.17) is 14.7 Å². The summed E-state index contributed by atoms with van der Waals surface area (Å²) in [5, 5.41) is 8.87. The van der Waals surface area contributed by atoms with Gasteiger partial charge >= 0.3 is 0 Å².